The van der Waals surface area contributed by atoms with Crippen molar-refractivity contribution >= 4 is 11.9 Å². The van der Waals surface area contributed by atoms with Crippen LogP contribution in [0.2, 0.25) is 0 Å². The molecule has 1 spiro atoms. The molecule has 4 rings (SSSR count). The van der Waals surface area contributed by atoms with Gasteiger partial charge >= 0.3 is 11.9 Å². The SMILES string of the molecule is CC(Cc1ccc2c(c1)CC1(C2)C(=O)OOC1=O)NCC(O)c1ccccc1. The van der Waals surface area contributed by atoms with Gasteiger partial charge in [-0.2, -0.15) is 0 Å². The fraction of sp³-hybridized carbons (Fsp3) is 0.364. The van der Waals surface area contributed by atoms with Gasteiger partial charge in [-0.15, -0.1) is 0 Å². The third-order valence-corrected chi connectivity index (χ3v) is 5.62. The van der Waals surface area contributed by atoms with Gasteiger partial charge in [-0.1, -0.05) is 48.5 Å². The first-order chi connectivity index (χ1) is 13.5. The van der Waals surface area contributed by atoms with Crippen LogP contribution >= 0.6 is 0 Å². The van der Waals surface area contributed by atoms with E-state index in [9.17, 15) is 14.7 Å². The minimum absolute atomic E-state index is 0.160. The van der Waals surface area contributed by atoms with Crippen LogP contribution in [0.15, 0.2) is 48.5 Å². The summed E-state index contributed by atoms with van der Waals surface area (Å²) >= 11 is 0. The van der Waals surface area contributed by atoms with Crippen molar-refractivity contribution in [2.75, 3.05) is 6.54 Å². The summed E-state index contributed by atoms with van der Waals surface area (Å²) in [5.74, 6) is -1.19. The number of nitrogens with one attached hydrogen (secondary N) is 1. The smallest absolute Gasteiger partial charge is 0.373 e. The molecule has 6 nitrogen and oxygen atoms in total. The molecular formula is C22H23NO5. The largest absolute Gasteiger partial charge is 0.387 e. The first kappa shape index (κ1) is 18.7. The zero-order valence-corrected chi connectivity index (χ0v) is 15.7. The van der Waals surface area contributed by atoms with Crippen LogP contribution < -0.4 is 5.32 Å². The lowest BCUT2D eigenvalue weighted by Crippen LogP contribution is -2.34. The van der Waals surface area contributed by atoms with E-state index in [0.717, 1.165) is 28.7 Å². The second kappa shape index (κ2) is 7.37. The first-order valence-electron chi connectivity index (χ1n) is 9.48. The summed E-state index contributed by atoms with van der Waals surface area (Å²) in [5, 5.41) is 13.6. The lowest BCUT2D eigenvalue weighted by atomic mass is 9.85. The Bertz CT molecular complexity index is 879. The predicted octanol–water partition coefficient (Wildman–Crippen LogP) is 2.04. The Labute approximate surface area is 163 Å². The Kier molecular flexibility index (Phi) is 4.91. The van der Waals surface area contributed by atoms with Gasteiger partial charge in [0.1, 0.15) is 0 Å². The maximum absolute atomic E-state index is 12.0. The minimum atomic E-state index is -1.20. The highest BCUT2D eigenvalue weighted by Gasteiger charge is 2.59. The average molecular weight is 381 g/mol. The van der Waals surface area contributed by atoms with Gasteiger partial charge in [0, 0.05) is 25.4 Å². The van der Waals surface area contributed by atoms with Crippen molar-refractivity contribution in [2.45, 2.75) is 38.3 Å². The van der Waals surface area contributed by atoms with Crippen molar-refractivity contribution in [3.8, 4) is 0 Å². The van der Waals surface area contributed by atoms with Gasteiger partial charge in [0.05, 0.1) is 6.10 Å². The van der Waals surface area contributed by atoms with E-state index in [1.807, 2.05) is 42.5 Å². The third kappa shape index (κ3) is 3.41. The van der Waals surface area contributed by atoms with Crippen molar-refractivity contribution in [3.63, 3.8) is 0 Å². The van der Waals surface area contributed by atoms with Crippen molar-refractivity contribution < 1.29 is 24.5 Å². The number of aliphatic hydroxyl groups excluding tert-OH is 1. The number of benzene rings is 2. The number of aliphatic hydroxyl groups is 1. The molecule has 2 N–H and O–H groups in total. The van der Waals surface area contributed by atoms with Crippen LogP contribution in [-0.4, -0.2) is 29.6 Å². The molecule has 2 unspecified atom stereocenters. The Balaban J connectivity index is 1.37. The Morgan fingerprint density at radius 2 is 1.71 bits per heavy atom. The second-order valence-corrected chi connectivity index (χ2v) is 7.72. The van der Waals surface area contributed by atoms with Crippen LogP contribution in [0.4, 0.5) is 0 Å². The van der Waals surface area contributed by atoms with Gasteiger partial charge in [-0.25, -0.2) is 19.4 Å². The van der Waals surface area contributed by atoms with Crippen molar-refractivity contribution in [1.29, 1.82) is 0 Å². The fourth-order valence-corrected chi connectivity index (χ4v) is 3.99. The highest BCUT2D eigenvalue weighted by Crippen LogP contribution is 2.42. The van der Waals surface area contributed by atoms with Gasteiger partial charge in [-0.05, 0) is 35.6 Å². The minimum Gasteiger partial charge on any atom is -0.387 e. The highest BCUT2D eigenvalue weighted by molar-refractivity contribution is 6.04. The number of hydrogen-bond donors (Lipinski definition) is 2. The molecule has 2 aromatic carbocycles. The molecule has 6 heteroatoms. The van der Waals surface area contributed by atoms with Gasteiger partial charge in [0.25, 0.3) is 0 Å². The maximum atomic E-state index is 12.0. The Morgan fingerprint density at radius 3 is 2.43 bits per heavy atom. The summed E-state index contributed by atoms with van der Waals surface area (Å²) in [6, 6.07) is 15.8. The second-order valence-electron chi connectivity index (χ2n) is 7.72. The van der Waals surface area contributed by atoms with Gasteiger partial charge in [0.15, 0.2) is 5.41 Å². The molecule has 1 fully saturated rings. The quantitative estimate of drug-likeness (QED) is 0.588. The molecule has 1 aliphatic heterocycles. The summed E-state index contributed by atoms with van der Waals surface area (Å²) < 4.78 is 0. The van der Waals surface area contributed by atoms with Crippen LogP contribution in [0.1, 0.15) is 35.3 Å². The molecule has 2 atom stereocenters. The molecule has 0 aromatic heterocycles. The lowest BCUT2D eigenvalue weighted by Gasteiger charge is -2.18. The first-order valence-corrected chi connectivity index (χ1v) is 9.48. The molecular weight excluding hydrogens is 358 g/mol. The number of hydrogen-bond acceptors (Lipinski definition) is 6. The van der Waals surface area contributed by atoms with E-state index in [-0.39, 0.29) is 6.04 Å². The lowest BCUT2D eigenvalue weighted by molar-refractivity contribution is -0.235. The van der Waals surface area contributed by atoms with Crippen LogP contribution in [0, 0.1) is 5.41 Å². The molecule has 1 saturated heterocycles. The average Bonchev–Trinajstić information content (AvgIpc) is 3.22. The molecule has 146 valence electrons. The maximum Gasteiger partial charge on any atom is 0.373 e. The predicted molar refractivity (Wildman–Crippen MR) is 101 cm³/mol. The van der Waals surface area contributed by atoms with E-state index in [1.54, 1.807) is 0 Å². The van der Waals surface area contributed by atoms with E-state index in [2.05, 4.69) is 28.1 Å². The molecule has 1 heterocycles. The van der Waals surface area contributed by atoms with Crippen LogP contribution in [0.3, 0.4) is 0 Å². The highest BCUT2D eigenvalue weighted by atomic mass is 17.2. The zero-order chi connectivity index (χ0) is 19.7. The summed E-state index contributed by atoms with van der Waals surface area (Å²) in [7, 11) is 0. The normalized spacial score (nSPS) is 19.2. The third-order valence-electron chi connectivity index (χ3n) is 5.62. The molecule has 2 aliphatic rings. The van der Waals surface area contributed by atoms with Crippen molar-refractivity contribution in [2.24, 2.45) is 5.41 Å². The summed E-state index contributed by atoms with van der Waals surface area (Å²) in [5.41, 5.74) is 2.78. The molecule has 1 aliphatic carbocycles. The molecule has 0 bridgehead atoms. The topological polar surface area (TPSA) is 84.9 Å². The number of rotatable bonds is 6. The fourth-order valence-electron chi connectivity index (χ4n) is 3.99. The summed E-state index contributed by atoms with van der Waals surface area (Å²) in [4.78, 5) is 33.0. The van der Waals surface area contributed by atoms with Crippen LogP contribution in [-0.2, 0) is 38.6 Å². The zero-order valence-electron chi connectivity index (χ0n) is 15.7. The molecule has 0 saturated carbocycles. The number of carbonyl (C=O) groups is 2. The van der Waals surface area contributed by atoms with E-state index in [0.29, 0.717) is 19.4 Å². The van der Waals surface area contributed by atoms with Crippen molar-refractivity contribution in [3.05, 3.63) is 70.8 Å². The Morgan fingerprint density at radius 1 is 1.04 bits per heavy atom. The van der Waals surface area contributed by atoms with Crippen LogP contribution in [0.25, 0.3) is 0 Å². The molecule has 28 heavy (non-hydrogen) atoms. The Hall–Kier alpha value is -2.70. The van der Waals surface area contributed by atoms with Gasteiger partial charge in [-0.3, -0.25) is 0 Å². The van der Waals surface area contributed by atoms with Crippen LogP contribution in [0.5, 0.6) is 0 Å². The number of fused-ring (bicyclic) bond motifs is 1. The monoisotopic (exact) mass is 381 g/mol. The van der Waals surface area contributed by atoms with E-state index < -0.39 is 23.5 Å². The van der Waals surface area contributed by atoms with E-state index in [1.165, 1.54) is 0 Å². The van der Waals surface area contributed by atoms with Gasteiger partial charge in [0.2, 0.25) is 0 Å². The molecule has 0 amide bonds. The van der Waals surface area contributed by atoms with Gasteiger partial charge < -0.3 is 10.4 Å². The summed E-state index contributed by atoms with van der Waals surface area (Å²) in [6.07, 6.45) is 0.874. The van der Waals surface area contributed by atoms with Crippen molar-refractivity contribution in [1.82, 2.24) is 5.32 Å². The van der Waals surface area contributed by atoms with E-state index >= 15 is 0 Å². The molecule has 2 aromatic rings. The van der Waals surface area contributed by atoms with E-state index in [4.69, 9.17) is 0 Å². The summed E-state index contributed by atoms with van der Waals surface area (Å²) in [6.45, 7) is 2.54. The number of carbonyl (C=O) groups excluding carboxylic acids is 2. The molecule has 0 radical (unpaired) electrons. The standard InChI is InChI=1S/C22H23NO5/c1-14(23-13-19(24)16-5-3-2-4-6-16)9-15-7-8-17-11-22(12-18(17)10-15)20(25)27-28-21(22)26/h2-8,10,14,19,23-24H,9,11-13H2,1H3.